The Kier molecular flexibility index (Phi) is 4.43. The molecule has 8 nitrogen and oxygen atoms in total. The standard InChI is InChI=1S/C18H21N3O5S/c1-12-2-4-14(26-12)9-20-6-7-21(16-11-27(24,25)10-15(16)20)18(23)13-3-5-17(22)19-8-13/h2-5,8,15-16H,6-7,9-11H2,1H3,(H,19,22)/t15-,16+/m1/s1. The van der Waals surface area contributed by atoms with E-state index >= 15 is 0 Å². The summed E-state index contributed by atoms with van der Waals surface area (Å²) in [5.74, 6) is 1.34. The number of pyridine rings is 1. The fourth-order valence-corrected chi connectivity index (χ4v) is 5.96. The van der Waals surface area contributed by atoms with E-state index in [1.807, 2.05) is 19.1 Å². The van der Waals surface area contributed by atoms with Crippen LogP contribution in [0.2, 0.25) is 0 Å². The lowest BCUT2D eigenvalue weighted by Gasteiger charge is -2.43. The zero-order valence-electron chi connectivity index (χ0n) is 14.9. The Labute approximate surface area is 156 Å². The summed E-state index contributed by atoms with van der Waals surface area (Å²) >= 11 is 0. The van der Waals surface area contributed by atoms with Crippen molar-refractivity contribution in [3.05, 3.63) is 57.9 Å². The van der Waals surface area contributed by atoms with Gasteiger partial charge in [-0.2, -0.15) is 0 Å². The number of amides is 1. The molecular formula is C18H21N3O5S. The molecule has 2 atom stereocenters. The van der Waals surface area contributed by atoms with Crippen molar-refractivity contribution in [3.8, 4) is 0 Å². The molecule has 27 heavy (non-hydrogen) atoms. The van der Waals surface area contributed by atoms with Crippen molar-refractivity contribution in [2.75, 3.05) is 24.6 Å². The summed E-state index contributed by atoms with van der Waals surface area (Å²) in [5.41, 5.74) is 0.0687. The van der Waals surface area contributed by atoms with Crippen molar-refractivity contribution in [2.45, 2.75) is 25.6 Å². The molecule has 4 rings (SSSR count). The second-order valence-electron chi connectivity index (χ2n) is 7.13. The van der Waals surface area contributed by atoms with Gasteiger partial charge in [-0.25, -0.2) is 8.42 Å². The molecule has 0 saturated carbocycles. The highest BCUT2D eigenvalue weighted by Gasteiger charge is 2.48. The second-order valence-corrected chi connectivity index (χ2v) is 9.29. The predicted molar refractivity (Wildman–Crippen MR) is 98.2 cm³/mol. The lowest BCUT2D eigenvalue weighted by molar-refractivity contribution is 0.0284. The zero-order valence-corrected chi connectivity index (χ0v) is 15.7. The third kappa shape index (κ3) is 3.57. The van der Waals surface area contributed by atoms with Crippen LogP contribution in [0.3, 0.4) is 0 Å². The summed E-state index contributed by atoms with van der Waals surface area (Å²) in [7, 11) is -3.23. The fourth-order valence-electron chi connectivity index (χ4n) is 3.95. The van der Waals surface area contributed by atoms with E-state index in [2.05, 4.69) is 9.88 Å². The van der Waals surface area contributed by atoms with E-state index in [1.165, 1.54) is 18.3 Å². The van der Waals surface area contributed by atoms with Gasteiger partial charge in [0.25, 0.3) is 5.91 Å². The third-order valence-electron chi connectivity index (χ3n) is 5.24. The van der Waals surface area contributed by atoms with Crippen LogP contribution >= 0.6 is 0 Å². The maximum Gasteiger partial charge on any atom is 0.255 e. The van der Waals surface area contributed by atoms with Crippen molar-refractivity contribution in [1.29, 1.82) is 0 Å². The van der Waals surface area contributed by atoms with Crippen molar-refractivity contribution >= 4 is 15.7 Å². The van der Waals surface area contributed by atoms with Gasteiger partial charge < -0.3 is 14.3 Å². The molecule has 0 spiro atoms. The first-order valence-corrected chi connectivity index (χ1v) is 10.6. The number of nitrogens with one attached hydrogen (secondary N) is 1. The minimum absolute atomic E-state index is 0.0345. The number of hydrogen-bond acceptors (Lipinski definition) is 6. The molecule has 2 aliphatic rings. The number of nitrogens with zero attached hydrogens (tertiary/aromatic N) is 2. The quantitative estimate of drug-likeness (QED) is 0.812. The highest BCUT2D eigenvalue weighted by Crippen LogP contribution is 2.29. The number of piperazine rings is 1. The van der Waals surface area contributed by atoms with E-state index in [-0.39, 0.29) is 29.0 Å². The topological polar surface area (TPSA) is 104 Å². The second kappa shape index (κ2) is 6.65. The minimum atomic E-state index is -3.23. The normalized spacial score (nSPS) is 24.7. The number of aromatic amines is 1. The lowest BCUT2D eigenvalue weighted by Crippen LogP contribution is -2.60. The van der Waals surface area contributed by atoms with Crippen LogP contribution in [-0.4, -0.2) is 65.8 Å². The number of aryl methyl sites for hydroxylation is 1. The number of carbonyl (C=O) groups is 1. The Bertz CT molecular complexity index is 1010. The number of carbonyl (C=O) groups excluding carboxylic acids is 1. The predicted octanol–water partition coefficient (Wildman–Crippen LogP) is 0.400. The minimum Gasteiger partial charge on any atom is -0.465 e. The van der Waals surface area contributed by atoms with Gasteiger partial charge in [-0.05, 0) is 25.1 Å². The molecule has 1 amide bonds. The summed E-state index contributed by atoms with van der Waals surface area (Å²) < 4.78 is 30.3. The molecular weight excluding hydrogens is 370 g/mol. The molecule has 1 N–H and O–H groups in total. The molecule has 0 aliphatic carbocycles. The lowest BCUT2D eigenvalue weighted by atomic mass is 10.0. The fraction of sp³-hybridized carbons (Fsp3) is 0.444. The first kappa shape index (κ1) is 18.0. The Balaban J connectivity index is 1.59. The average Bonchev–Trinajstić information content (AvgIpc) is 3.17. The summed E-state index contributed by atoms with van der Waals surface area (Å²) in [6.45, 7) is 3.37. The number of rotatable bonds is 3. The maximum atomic E-state index is 12.9. The van der Waals surface area contributed by atoms with Crippen LogP contribution < -0.4 is 5.56 Å². The van der Waals surface area contributed by atoms with E-state index < -0.39 is 15.9 Å². The molecule has 2 aromatic heterocycles. The Morgan fingerprint density at radius 1 is 1.19 bits per heavy atom. The van der Waals surface area contributed by atoms with Crippen LogP contribution in [0.25, 0.3) is 0 Å². The van der Waals surface area contributed by atoms with E-state index in [4.69, 9.17) is 4.42 Å². The van der Waals surface area contributed by atoms with E-state index in [1.54, 1.807) is 4.90 Å². The smallest absolute Gasteiger partial charge is 0.255 e. The largest absolute Gasteiger partial charge is 0.465 e. The van der Waals surface area contributed by atoms with Crippen LogP contribution in [0, 0.1) is 6.92 Å². The van der Waals surface area contributed by atoms with Gasteiger partial charge in [-0.15, -0.1) is 0 Å². The molecule has 144 valence electrons. The van der Waals surface area contributed by atoms with Crippen LogP contribution in [0.4, 0.5) is 0 Å². The molecule has 2 aromatic rings. The van der Waals surface area contributed by atoms with Crippen molar-refractivity contribution < 1.29 is 17.6 Å². The molecule has 0 radical (unpaired) electrons. The zero-order chi connectivity index (χ0) is 19.2. The summed E-state index contributed by atoms with van der Waals surface area (Å²) in [5, 5.41) is 0. The van der Waals surface area contributed by atoms with Gasteiger partial charge in [0.2, 0.25) is 5.56 Å². The molecule has 2 saturated heterocycles. The summed E-state index contributed by atoms with van der Waals surface area (Å²) in [6.07, 6.45) is 1.38. The highest BCUT2D eigenvalue weighted by atomic mass is 32.2. The molecule has 9 heteroatoms. The van der Waals surface area contributed by atoms with Gasteiger partial charge in [0.15, 0.2) is 9.84 Å². The Morgan fingerprint density at radius 3 is 2.63 bits per heavy atom. The first-order chi connectivity index (χ1) is 12.8. The van der Waals surface area contributed by atoms with E-state index in [0.717, 1.165) is 11.5 Å². The summed E-state index contributed by atoms with van der Waals surface area (Å²) in [6, 6.07) is 5.88. The van der Waals surface area contributed by atoms with E-state index in [9.17, 15) is 18.0 Å². The SMILES string of the molecule is Cc1ccc(CN2CCN(C(=O)c3ccc(=O)[nH]c3)[C@H]3CS(=O)(=O)C[C@H]32)o1. The van der Waals surface area contributed by atoms with Gasteiger partial charge >= 0.3 is 0 Å². The highest BCUT2D eigenvalue weighted by molar-refractivity contribution is 7.91. The van der Waals surface area contributed by atoms with Gasteiger partial charge in [-0.1, -0.05) is 0 Å². The number of fused-ring (bicyclic) bond motifs is 1. The number of sulfone groups is 1. The van der Waals surface area contributed by atoms with Crippen molar-refractivity contribution in [3.63, 3.8) is 0 Å². The molecule has 0 aromatic carbocycles. The summed E-state index contributed by atoms with van der Waals surface area (Å²) in [4.78, 5) is 30.4. The first-order valence-electron chi connectivity index (χ1n) is 8.82. The molecule has 4 heterocycles. The Morgan fingerprint density at radius 2 is 1.96 bits per heavy atom. The van der Waals surface area contributed by atoms with Gasteiger partial charge in [-0.3, -0.25) is 14.5 Å². The maximum absolute atomic E-state index is 12.9. The monoisotopic (exact) mass is 391 g/mol. The van der Waals surface area contributed by atoms with Crippen LogP contribution in [-0.2, 0) is 16.4 Å². The van der Waals surface area contributed by atoms with Crippen molar-refractivity contribution in [1.82, 2.24) is 14.8 Å². The van der Waals surface area contributed by atoms with Crippen molar-refractivity contribution in [2.24, 2.45) is 0 Å². The van der Waals surface area contributed by atoms with Gasteiger partial charge in [0.1, 0.15) is 11.5 Å². The average molecular weight is 391 g/mol. The molecule has 2 fully saturated rings. The van der Waals surface area contributed by atoms with Gasteiger partial charge in [0.05, 0.1) is 29.7 Å². The van der Waals surface area contributed by atoms with Crippen LogP contribution in [0.15, 0.2) is 39.7 Å². The third-order valence-corrected chi connectivity index (χ3v) is 6.94. The molecule has 2 aliphatic heterocycles. The molecule has 0 bridgehead atoms. The Hall–Kier alpha value is -2.39. The van der Waals surface area contributed by atoms with Crippen LogP contribution in [0.1, 0.15) is 21.9 Å². The van der Waals surface area contributed by atoms with Crippen LogP contribution in [0.5, 0.6) is 0 Å². The number of H-pyrrole nitrogens is 1. The number of furan rings is 1. The van der Waals surface area contributed by atoms with Gasteiger partial charge in [0, 0.05) is 31.4 Å². The number of aromatic nitrogens is 1. The number of hydrogen-bond donors (Lipinski definition) is 1. The molecule has 0 unspecified atom stereocenters. The van der Waals surface area contributed by atoms with E-state index in [0.29, 0.717) is 25.2 Å².